The first-order valence-electron chi connectivity index (χ1n) is 5.14. The largest absolute Gasteiger partial charge is 0.444 e. The van der Waals surface area contributed by atoms with Crippen LogP contribution in [-0.2, 0) is 9.53 Å². The lowest BCUT2D eigenvalue weighted by Crippen LogP contribution is -2.46. The van der Waals surface area contributed by atoms with Gasteiger partial charge >= 0.3 is 6.09 Å². The molecule has 5 nitrogen and oxygen atoms in total. The van der Waals surface area contributed by atoms with Gasteiger partial charge in [0.05, 0.1) is 0 Å². The number of hydrogen-bond acceptors (Lipinski definition) is 3. The molecule has 0 aliphatic carbocycles. The number of ether oxygens (including phenoxy) is 1. The zero-order chi connectivity index (χ0) is 12.8. The normalized spacial score (nSPS) is 12.5. The number of alkyl carbamates (subject to hydrolysis) is 1. The van der Waals surface area contributed by atoms with E-state index in [0.29, 0.717) is 6.54 Å². The lowest BCUT2D eigenvalue weighted by Gasteiger charge is -2.21. The number of carbonyl (C=O) groups is 2. The molecule has 2 N–H and O–H groups in total. The fourth-order valence-electron chi connectivity index (χ4n) is 0.876. The third-order valence-corrected chi connectivity index (χ3v) is 1.55. The first-order chi connectivity index (χ1) is 7.26. The van der Waals surface area contributed by atoms with E-state index < -0.39 is 17.7 Å². The Labute approximate surface area is 96.2 Å². The number of carbonyl (C=O) groups excluding carboxylic acids is 2. The van der Waals surface area contributed by atoms with Gasteiger partial charge in [-0.2, -0.15) is 0 Å². The molecule has 1 atom stereocenters. The van der Waals surface area contributed by atoms with Crippen molar-refractivity contribution in [3.63, 3.8) is 0 Å². The van der Waals surface area contributed by atoms with Gasteiger partial charge in [-0.1, -0.05) is 6.08 Å². The van der Waals surface area contributed by atoms with E-state index in [1.807, 2.05) is 0 Å². The van der Waals surface area contributed by atoms with E-state index in [1.165, 1.54) is 0 Å². The summed E-state index contributed by atoms with van der Waals surface area (Å²) < 4.78 is 5.01. The molecule has 0 aromatic heterocycles. The average molecular weight is 228 g/mol. The third-order valence-electron chi connectivity index (χ3n) is 1.55. The fourth-order valence-corrected chi connectivity index (χ4v) is 0.876. The Morgan fingerprint density at radius 3 is 2.44 bits per heavy atom. The minimum Gasteiger partial charge on any atom is -0.444 e. The van der Waals surface area contributed by atoms with Crippen molar-refractivity contribution in [1.29, 1.82) is 0 Å². The molecular formula is C11H20N2O3. The minimum absolute atomic E-state index is 0.272. The second-order valence-electron chi connectivity index (χ2n) is 4.40. The maximum absolute atomic E-state index is 11.4. The highest BCUT2D eigenvalue weighted by Crippen LogP contribution is 2.06. The predicted molar refractivity (Wildman–Crippen MR) is 62.0 cm³/mol. The van der Waals surface area contributed by atoms with Crippen LogP contribution in [0.5, 0.6) is 0 Å². The Morgan fingerprint density at radius 2 is 2.00 bits per heavy atom. The van der Waals surface area contributed by atoms with Crippen LogP contribution < -0.4 is 10.6 Å². The lowest BCUT2D eigenvalue weighted by molar-refractivity contribution is -0.122. The van der Waals surface area contributed by atoms with E-state index >= 15 is 0 Å². The summed E-state index contributed by atoms with van der Waals surface area (Å²) in [4.78, 5) is 22.7. The summed E-state index contributed by atoms with van der Waals surface area (Å²) in [6.45, 7) is 10.7. The summed E-state index contributed by atoms with van der Waals surface area (Å²) in [5.41, 5.74) is -0.568. The van der Waals surface area contributed by atoms with Crippen molar-refractivity contribution in [1.82, 2.24) is 10.6 Å². The van der Waals surface area contributed by atoms with Gasteiger partial charge in [-0.3, -0.25) is 4.79 Å². The maximum atomic E-state index is 11.4. The van der Waals surface area contributed by atoms with Crippen LogP contribution in [0.4, 0.5) is 4.79 Å². The first-order valence-corrected chi connectivity index (χ1v) is 5.14. The van der Waals surface area contributed by atoms with Crippen molar-refractivity contribution < 1.29 is 14.3 Å². The van der Waals surface area contributed by atoms with Gasteiger partial charge in [0.2, 0.25) is 5.91 Å². The van der Waals surface area contributed by atoms with Crippen molar-refractivity contribution in [2.75, 3.05) is 6.54 Å². The molecule has 0 saturated carbocycles. The molecule has 0 radical (unpaired) electrons. The van der Waals surface area contributed by atoms with Crippen LogP contribution in [0.25, 0.3) is 0 Å². The first kappa shape index (κ1) is 14.5. The van der Waals surface area contributed by atoms with E-state index in [9.17, 15) is 9.59 Å². The molecule has 16 heavy (non-hydrogen) atoms. The number of rotatable bonds is 4. The Balaban J connectivity index is 4.04. The van der Waals surface area contributed by atoms with Gasteiger partial charge in [0.1, 0.15) is 11.6 Å². The van der Waals surface area contributed by atoms with Gasteiger partial charge in [-0.25, -0.2) is 4.79 Å². The summed E-state index contributed by atoms with van der Waals surface area (Å²) >= 11 is 0. The predicted octanol–water partition coefficient (Wildman–Crippen LogP) is 1.20. The summed E-state index contributed by atoms with van der Waals surface area (Å²) in [6.07, 6.45) is 0.965. The van der Waals surface area contributed by atoms with Crippen molar-refractivity contribution in [3.05, 3.63) is 12.7 Å². The summed E-state index contributed by atoms with van der Waals surface area (Å²) in [7, 11) is 0. The van der Waals surface area contributed by atoms with Crippen LogP contribution in [-0.4, -0.2) is 30.2 Å². The zero-order valence-electron chi connectivity index (χ0n) is 10.3. The van der Waals surface area contributed by atoms with Crippen LogP contribution in [0, 0.1) is 0 Å². The van der Waals surface area contributed by atoms with Gasteiger partial charge in [0.25, 0.3) is 0 Å². The van der Waals surface area contributed by atoms with Gasteiger partial charge in [0, 0.05) is 6.54 Å². The molecule has 0 bridgehead atoms. The topological polar surface area (TPSA) is 67.4 Å². The zero-order valence-corrected chi connectivity index (χ0v) is 10.3. The molecule has 0 fully saturated rings. The van der Waals surface area contributed by atoms with E-state index in [0.717, 1.165) is 0 Å². The second-order valence-corrected chi connectivity index (χ2v) is 4.40. The van der Waals surface area contributed by atoms with Gasteiger partial charge < -0.3 is 15.4 Å². The SMILES string of the molecule is C=CCNC(=O)C(C)NC(=O)OC(C)(C)C. The molecule has 0 aliphatic heterocycles. The molecule has 5 heteroatoms. The number of hydrogen-bond donors (Lipinski definition) is 2. The quantitative estimate of drug-likeness (QED) is 0.710. The molecule has 0 rings (SSSR count). The molecule has 0 heterocycles. The minimum atomic E-state index is -0.630. The Bertz CT molecular complexity index is 269. The Hall–Kier alpha value is -1.52. The van der Waals surface area contributed by atoms with Crippen LogP contribution in [0.15, 0.2) is 12.7 Å². The molecule has 0 saturated heterocycles. The summed E-state index contributed by atoms with van der Waals surface area (Å²) in [5, 5.41) is 5.01. The van der Waals surface area contributed by atoms with E-state index in [1.54, 1.807) is 33.8 Å². The highest BCUT2D eigenvalue weighted by molar-refractivity contribution is 5.85. The molecule has 1 unspecified atom stereocenters. The molecule has 0 aromatic rings. The number of amides is 2. The molecule has 0 aliphatic rings. The molecule has 92 valence electrons. The van der Waals surface area contributed by atoms with E-state index in [2.05, 4.69) is 17.2 Å². The Morgan fingerprint density at radius 1 is 1.44 bits per heavy atom. The number of nitrogens with one attached hydrogen (secondary N) is 2. The Kier molecular flexibility index (Phi) is 5.56. The molecule has 0 spiro atoms. The van der Waals surface area contributed by atoms with Crippen LogP contribution >= 0.6 is 0 Å². The molecule has 2 amide bonds. The van der Waals surface area contributed by atoms with Crippen molar-refractivity contribution in [3.8, 4) is 0 Å². The molecule has 0 aromatic carbocycles. The van der Waals surface area contributed by atoms with Crippen LogP contribution in [0.3, 0.4) is 0 Å². The van der Waals surface area contributed by atoms with Crippen molar-refractivity contribution in [2.45, 2.75) is 39.3 Å². The van der Waals surface area contributed by atoms with Crippen LogP contribution in [0.2, 0.25) is 0 Å². The second kappa shape index (κ2) is 6.15. The standard InChI is InChI=1S/C11H20N2O3/c1-6-7-12-9(14)8(2)13-10(15)16-11(3,4)5/h6,8H,1,7H2,2-5H3,(H,12,14)(H,13,15). The fraction of sp³-hybridized carbons (Fsp3) is 0.636. The highest BCUT2D eigenvalue weighted by atomic mass is 16.6. The highest BCUT2D eigenvalue weighted by Gasteiger charge is 2.20. The van der Waals surface area contributed by atoms with Crippen molar-refractivity contribution in [2.24, 2.45) is 0 Å². The lowest BCUT2D eigenvalue weighted by atomic mass is 10.2. The third kappa shape index (κ3) is 6.86. The molecular weight excluding hydrogens is 208 g/mol. The smallest absolute Gasteiger partial charge is 0.408 e. The van der Waals surface area contributed by atoms with Gasteiger partial charge in [-0.05, 0) is 27.7 Å². The summed E-state index contributed by atoms with van der Waals surface area (Å²) in [6, 6.07) is -0.630. The van der Waals surface area contributed by atoms with E-state index in [4.69, 9.17) is 4.74 Å². The van der Waals surface area contributed by atoms with Gasteiger partial charge in [-0.15, -0.1) is 6.58 Å². The van der Waals surface area contributed by atoms with Crippen LogP contribution in [0.1, 0.15) is 27.7 Å². The average Bonchev–Trinajstić information content (AvgIpc) is 2.10. The van der Waals surface area contributed by atoms with Gasteiger partial charge in [0.15, 0.2) is 0 Å². The maximum Gasteiger partial charge on any atom is 0.408 e. The summed E-state index contributed by atoms with van der Waals surface area (Å²) in [5.74, 6) is -0.272. The van der Waals surface area contributed by atoms with Crippen molar-refractivity contribution >= 4 is 12.0 Å². The van der Waals surface area contributed by atoms with E-state index in [-0.39, 0.29) is 5.91 Å². The monoisotopic (exact) mass is 228 g/mol.